The number of hydrogen-bond acceptors (Lipinski definition) is 6. The number of benzene rings is 1. The Morgan fingerprint density at radius 1 is 1.09 bits per heavy atom. The first-order valence-electron chi connectivity index (χ1n) is 11.4. The zero-order valence-corrected chi connectivity index (χ0v) is 22.4. The van der Waals surface area contributed by atoms with Crippen LogP contribution in [-0.4, -0.2) is 34.8 Å². The summed E-state index contributed by atoms with van der Waals surface area (Å²) in [6.45, 7) is 13.4. The van der Waals surface area contributed by atoms with Crippen molar-refractivity contribution < 1.29 is 24.2 Å². The SMILES string of the molecule is C[C@H](C=Cc1ccc(CO)cc1)[C@H](CC=CC(=O)OC(C)(C)C)OC(=O)[C@@H](N)CC(C)(C)C.Cl. The van der Waals surface area contributed by atoms with Gasteiger partial charge in [0.15, 0.2) is 0 Å². The highest BCUT2D eigenvalue weighted by Crippen LogP contribution is 2.22. The monoisotopic (exact) mass is 495 g/mol. The lowest BCUT2D eigenvalue weighted by molar-refractivity contribution is -0.153. The Morgan fingerprint density at radius 2 is 1.68 bits per heavy atom. The van der Waals surface area contributed by atoms with Crippen molar-refractivity contribution in [1.29, 1.82) is 0 Å². The maximum Gasteiger partial charge on any atom is 0.330 e. The first-order chi connectivity index (χ1) is 15.2. The second-order valence-corrected chi connectivity index (χ2v) is 10.6. The summed E-state index contributed by atoms with van der Waals surface area (Å²) in [6, 6.07) is 6.83. The summed E-state index contributed by atoms with van der Waals surface area (Å²) in [4.78, 5) is 24.6. The van der Waals surface area contributed by atoms with Crippen molar-refractivity contribution in [2.24, 2.45) is 17.1 Å². The van der Waals surface area contributed by atoms with Gasteiger partial charge in [0.05, 0.1) is 6.61 Å². The van der Waals surface area contributed by atoms with E-state index in [-0.39, 0.29) is 30.3 Å². The van der Waals surface area contributed by atoms with Gasteiger partial charge in [-0.05, 0) is 43.7 Å². The minimum absolute atomic E-state index is 0. The van der Waals surface area contributed by atoms with Gasteiger partial charge < -0.3 is 20.3 Å². The molecule has 3 N–H and O–H groups in total. The van der Waals surface area contributed by atoms with E-state index in [2.05, 4.69) is 0 Å². The van der Waals surface area contributed by atoms with E-state index in [0.717, 1.165) is 11.1 Å². The van der Waals surface area contributed by atoms with Gasteiger partial charge in [-0.25, -0.2) is 4.79 Å². The van der Waals surface area contributed by atoms with E-state index in [1.165, 1.54) is 6.08 Å². The fraction of sp³-hybridized carbons (Fsp3) is 0.556. The summed E-state index contributed by atoms with van der Waals surface area (Å²) < 4.78 is 11.1. The summed E-state index contributed by atoms with van der Waals surface area (Å²) in [7, 11) is 0. The molecule has 34 heavy (non-hydrogen) atoms. The molecule has 1 aromatic carbocycles. The van der Waals surface area contributed by atoms with Crippen LogP contribution in [0.15, 0.2) is 42.5 Å². The van der Waals surface area contributed by atoms with E-state index < -0.39 is 29.7 Å². The molecule has 0 radical (unpaired) electrons. The minimum atomic E-state index is -0.718. The highest BCUT2D eigenvalue weighted by atomic mass is 35.5. The Kier molecular flexibility index (Phi) is 13.4. The highest BCUT2D eigenvalue weighted by Gasteiger charge is 2.26. The third kappa shape index (κ3) is 13.5. The summed E-state index contributed by atoms with van der Waals surface area (Å²) in [5, 5.41) is 9.19. The van der Waals surface area contributed by atoms with Crippen molar-refractivity contribution in [3.63, 3.8) is 0 Å². The van der Waals surface area contributed by atoms with Crippen LogP contribution < -0.4 is 5.73 Å². The number of hydrogen-bond donors (Lipinski definition) is 2. The molecular weight excluding hydrogens is 454 g/mol. The van der Waals surface area contributed by atoms with Crippen LogP contribution in [0.5, 0.6) is 0 Å². The number of aliphatic hydroxyl groups excluding tert-OH is 1. The second-order valence-electron chi connectivity index (χ2n) is 10.6. The number of nitrogens with two attached hydrogens (primary N) is 1. The number of ether oxygens (including phenoxy) is 2. The zero-order valence-electron chi connectivity index (χ0n) is 21.5. The van der Waals surface area contributed by atoms with Crippen molar-refractivity contribution in [1.82, 2.24) is 0 Å². The molecule has 0 spiro atoms. The van der Waals surface area contributed by atoms with E-state index in [1.807, 2.05) is 64.1 Å². The molecule has 0 saturated heterocycles. The lowest BCUT2D eigenvalue weighted by Gasteiger charge is -2.26. The average Bonchev–Trinajstić information content (AvgIpc) is 2.68. The zero-order chi connectivity index (χ0) is 25.2. The fourth-order valence-electron chi connectivity index (χ4n) is 3.10. The average molecular weight is 496 g/mol. The number of carbonyl (C=O) groups excluding carboxylic acids is 2. The van der Waals surface area contributed by atoms with Gasteiger partial charge in [-0.1, -0.05) is 70.2 Å². The lowest BCUT2D eigenvalue weighted by atomic mass is 9.88. The van der Waals surface area contributed by atoms with Gasteiger partial charge in [-0.15, -0.1) is 12.4 Å². The fourth-order valence-corrected chi connectivity index (χ4v) is 3.10. The molecule has 7 heteroatoms. The highest BCUT2D eigenvalue weighted by molar-refractivity contribution is 5.85. The predicted octanol–water partition coefficient (Wildman–Crippen LogP) is 5.21. The van der Waals surface area contributed by atoms with Crippen molar-refractivity contribution in [3.8, 4) is 0 Å². The van der Waals surface area contributed by atoms with Crippen LogP contribution in [0.4, 0.5) is 0 Å². The Labute approximate surface area is 211 Å². The van der Waals surface area contributed by atoms with Crippen LogP contribution in [0.1, 0.15) is 72.4 Å². The summed E-state index contributed by atoms with van der Waals surface area (Å²) in [5.41, 5.74) is 7.22. The molecule has 0 amide bonds. The van der Waals surface area contributed by atoms with E-state index in [4.69, 9.17) is 15.2 Å². The van der Waals surface area contributed by atoms with E-state index in [9.17, 15) is 14.7 Å². The molecule has 0 aliphatic rings. The van der Waals surface area contributed by atoms with Gasteiger partial charge in [0.2, 0.25) is 0 Å². The van der Waals surface area contributed by atoms with Gasteiger partial charge in [0, 0.05) is 18.4 Å². The number of rotatable bonds is 10. The molecule has 0 bridgehead atoms. The quantitative estimate of drug-likeness (QED) is 0.341. The summed E-state index contributed by atoms with van der Waals surface area (Å²) in [6.07, 6.45) is 7.31. The summed E-state index contributed by atoms with van der Waals surface area (Å²) >= 11 is 0. The Bertz CT molecular complexity index is 819. The number of esters is 2. The minimum Gasteiger partial charge on any atom is -0.460 e. The van der Waals surface area contributed by atoms with Crippen molar-refractivity contribution in [2.45, 2.75) is 85.7 Å². The molecule has 0 unspecified atom stereocenters. The second kappa shape index (κ2) is 14.3. The molecule has 1 aromatic rings. The number of halogens is 1. The Balaban J connectivity index is 0.0000109. The predicted molar refractivity (Wildman–Crippen MR) is 139 cm³/mol. The molecule has 0 heterocycles. The third-order valence-electron chi connectivity index (χ3n) is 4.77. The standard InChI is InChI=1S/C27H41NO5.ClH/c1-19(11-12-20-13-15-21(18-29)16-14-20)23(9-8-10-24(30)33-27(5,6)7)32-25(31)22(28)17-26(2,3)4;/h8,10-16,19,22-23,29H,9,17-18,28H2,1-7H3;1H/t19-,22+,23+;/m1./s1. The van der Waals surface area contributed by atoms with Crippen molar-refractivity contribution >= 4 is 30.4 Å². The molecule has 0 aliphatic carbocycles. The molecule has 0 fully saturated rings. The molecular formula is C27H42ClNO5. The van der Waals surface area contributed by atoms with Crippen LogP contribution in [0.25, 0.3) is 6.08 Å². The Morgan fingerprint density at radius 3 is 2.18 bits per heavy atom. The van der Waals surface area contributed by atoms with Crippen molar-refractivity contribution in [2.75, 3.05) is 0 Å². The molecule has 192 valence electrons. The largest absolute Gasteiger partial charge is 0.460 e. The molecule has 0 aliphatic heterocycles. The maximum absolute atomic E-state index is 12.7. The molecule has 6 nitrogen and oxygen atoms in total. The van der Waals surface area contributed by atoms with Gasteiger partial charge in [-0.2, -0.15) is 0 Å². The van der Waals surface area contributed by atoms with Gasteiger partial charge in [0.1, 0.15) is 17.7 Å². The normalized spacial score (nSPS) is 15.0. The summed E-state index contributed by atoms with van der Waals surface area (Å²) in [5.74, 6) is -1.02. The topological polar surface area (TPSA) is 98.9 Å². The smallest absolute Gasteiger partial charge is 0.330 e. The van der Waals surface area contributed by atoms with Gasteiger partial charge >= 0.3 is 11.9 Å². The van der Waals surface area contributed by atoms with E-state index in [0.29, 0.717) is 12.8 Å². The molecule has 0 saturated carbocycles. The lowest BCUT2D eigenvalue weighted by Crippen LogP contribution is -2.39. The number of aliphatic hydroxyl groups is 1. The molecule has 0 aromatic heterocycles. The van der Waals surface area contributed by atoms with E-state index >= 15 is 0 Å². The van der Waals surface area contributed by atoms with Crippen LogP contribution >= 0.6 is 12.4 Å². The third-order valence-corrected chi connectivity index (χ3v) is 4.77. The van der Waals surface area contributed by atoms with Gasteiger partial charge in [0.25, 0.3) is 0 Å². The molecule has 3 atom stereocenters. The van der Waals surface area contributed by atoms with Crippen molar-refractivity contribution in [3.05, 3.63) is 53.6 Å². The van der Waals surface area contributed by atoms with Crippen LogP contribution in [0.3, 0.4) is 0 Å². The number of carbonyl (C=O) groups is 2. The first kappa shape index (κ1) is 31.9. The molecule has 1 rings (SSSR count). The van der Waals surface area contributed by atoms with Crippen LogP contribution in [0, 0.1) is 11.3 Å². The van der Waals surface area contributed by atoms with Crippen LogP contribution in [-0.2, 0) is 25.7 Å². The van der Waals surface area contributed by atoms with E-state index in [1.54, 1.807) is 26.8 Å². The Hall–Kier alpha value is -2.15. The van der Waals surface area contributed by atoms with Crippen LogP contribution in [0.2, 0.25) is 0 Å². The first-order valence-corrected chi connectivity index (χ1v) is 11.4. The maximum atomic E-state index is 12.7. The van der Waals surface area contributed by atoms with Gasteiger partial charge in [-0.3, -0.25) is 4.79 Å².